The van der Waals surface area contributed by atoms with E-state index in [4.69, 9.17) is 8.83 Å². The summed E-state index contributed by atoms with van der Waals surface area (Å²) in [5.41, 5.74) is 3.13. The molecule has 0 spiro atoms. The molecule has 1 atom stereocenters. The van der Waals surface area contributed by atoms with E-state index in [1.54, 1.807) is 12.3 Å². The average molecular weight is 443 g/mol. The first-order valence-corrected chi connectivity index (χ1v) is 11.8. The van der Waals surface area contributed by atoms with Gasteiger partial charge >= 0.3 is 5.63 Å². The van der Waals surface area contributed by atoms with Crippen molar-refractivity contribution in [3.8, 4) is 0 Å². The second-order valence-corrected chi connectivity index (χ2v) is 8.85. The molecule has 164 valence electrons. The van der Waals surface area contributed by atoms with Crippen LogP contribution in [-0.4, -0.2) is 29.9 Å². The third kappa shape index (κ3) is 4.21. The van der Waals surface area contributed by atoms with Crippen molar-refractivity contribution in [2.45, 2.75) is 51.5 Å². The zero-order chi connectivity index (χ0) is 22.1. The molecule has 1 amide bonds. The zero-order valence-corrected chi connectivity index (χ0v) is 18.4. The second kappa shape index (κ2) is 8.78. The van der Waals surface area contributed by atoms with Crippen LogP contribution in [0.15, 0.2) is 25.8 Å². The number of benzene rings is 1. The summed E-state index contributed by atoms with van der Waals surface area (Å²) in [4.78, 5) is 36.0. The van der Waals surface area contributed by atoms with Crippen molar-refractivity contribution in [2.24, 2.45) is 0 Å². The van der Waals surface area contributed by atoms with Gasteiger partial charge in [-0.2, -0.15) is 11.8 Å². The van der Waals surface area contributed by atoms with Gasteiger partial charge in [-0.3, -0.25) is 4.79 Å². The molecule has 31 heavy (non-hydrogen) atoms. The molecule has 3 aromatic rings. The van der Waals surface area contributed by atoms with E-state index in [0.29, 0.717) is 11.1 Å². The number of carboxylic acids is 1. The fourth-order valence-corrected chi connectivity index (χ4v) is 4.83. The summed E-state index contributed by atoms with van der Waals surface area (Å²) in [6, 6.07) is 2.74. The van der Waals surface area contributed by atoms with E-state index < -0.39 is 23.5 Å². The molecule has 1 aromatic carbocycles. The fraction of sp³-hybridized carbons (Fsp3) is 0.435. The van der Waals surface area contributed by atoms with Gasteiger partial charge in [0.15, 0.2) is 0 Å². The highest BCUT2D eigenvalue weighted by Gasteiger charge is 2.21. The Kier molecular flexibility index (Phi) is 6.09. The summed E-state index contributed by atoms with van der Waals surface area (Å²) >= 11 is 1.30. The van der Waals surface area contributed by atoms with Crippen LogP contribution in [0.2, 0.25) is 0 Å². The third-order valence-electron chi connectivity index (χ3n) is 5.92. The van der Waals surface area contributed by atoms with Gasteiger partial charge < -0.3 is 24.1 Å². The molecule has 8 heteroatoms. The minimum absolute atomic E-state index is 0.0153. The molecule has 4 rings (SSSR count). The Morgan fingerprint density at radius 1 is 1.16 bits per heavy atom. The highest BCUT2D eigenvalue weighted by Crippen LogP contribution is 2.35. The number of nitrogens with one attached hydrogen (secondary N) is 1. The van der Waals surface area contributed by atoms with Gasteiger partial charge in [0, 0.05) is 46.6 Å². The number of rotatable bonds is 7. The van der Waals surface area contributed by atoms with E-state index in [1.807, 2.05) is 13.0 Å². The maximum atomic E-state index is 12.6. The Labute approximate surface area is 183 Å². The Bertz CT molecular complexity index is 1220. The van der Waals surface area contributed by atoms with Crippen molar-refractivity contribution < 1.29 is 23.5 Å². The first-order chi connectivity index (χ1) is 14.9. The van der Waals surface area contributed by atoms with Crippen molar-refractivity contribution in [2.75, 3.05) is 12.0 Å². The third-order valence-corrected chi connectivity index (χ3v) is 6.58. The number of hydrogen-bond acceptors (Lipinski definition) is 7. The molecule has 0 fully saturated rings. The van der Waals surface area contributed by atoms with E-state index in [1.165, 1.54) is 17.3 Å². The van der Waals surface area contributed by atoms with Crippen LogP contribution in [0.3, 0.4) is 0 Å². The highest BCUT2D eigenvalue weighted by molar-refractivity contribution is 7.98. The van der Waals surface area contributed by atoms with Crippen molar-refractivity contribution in [1.29, 1.82) is 0 Å². The zero-order valence-electron chi connectivity index (χ0n) is 17.5. The molecule has 7 nitrogen and oxygen atoms in total. The standard InChI is InChI=1S/C23H25NO6S/c1-12-13(7-8-21(25)24-17(11-31-2)22(26)27)23(28)30-19-10-20-16(9-15(12)19)14-5-3-4-6-18(14)29-20/h9-10,17H,3-8,11H2,1-2H3,(H,24,25)(H,26,27)/p-1/t17-/m0/s1. The first-order valence-electron chi connectivity index (χ1n) is 10.4. The number of fused-ring (bicyclic) bond motifs is 4. The number of furan rings is 1. The van der Waals surface area contributed by atoms with Crippen LogP contribution in [0.1, 0.15) is 41.7 Å². The largest absolute Gasteiger partial charge is 0.548 e. The van der Waals surface area contributed by atoms with Gasteiger partial charge in [0.25, 0.3) is 0 Å². The average Bonchev–Trinajstić information content (AvgIpc) is 3.09. The van der Waals surface area contributed by atoms with Crippen molar-refractivity contribution in [1.82, 2.24) is 5.32 Å². The van der Waals surface area contributed by atoms with Crippen molar-refractivity contribution >= 4 is 45.6 Å². The second-order valence-electron chi connectivity index (χ2n) is 7.94. The van der Waals surface area contributed by atoms with Gasteiger partial charge in [0.1, 0.15) is 16.9 Å². The molecule has 2 heterocycles. The number of aryl methyl sites for hydroxylation is 3. The minimum atomic E-state index is -1.32. The van der Waals surface area contributed by atoms with Gasteiger partial charge in [-0.1, -0.05) is 0 Å². The van der Waals surface area contributed by atoms with Crippen LogP contribution in [0.5, 0.6) is 0 Å². The maximum Gasteiger partial charge on any atom is 0.339 e. The number of amides is 1. The summed E-state index contributed by atoms with van der Waals surface area (Å²) in [5, 5.41) is 15.5. The van der Waals surface area contributed by atoms with Gasteiger partial charge in [-0.25, -0.2) is 4.79 Å². The van der Waals surface area contributed by atoms with Gasteiger partial charge in [0.05, 0.1) is 12.0 Å². The Hall–Kier alpha value is -2.74. The smallest absolute Gasteiger partial charge is 0.339 e. The van der Waals surface area contributed by atoms with E-state index >= 15 is 0 Å². The number of carbonyl (C=O) groups excluding carboxylic acids is 2. The van der Waals surface area contributed by atoms with E-state index in [2.05, 4.69) is 5.32 Å². The predicted molar refractivity (Wildman–Crippen MR) is 117 cm³/mol. The lowest BCUT2D eigenvalue weighted by molar-refractivity contribution is -0.307. The summed E-state index contributed by atoms with van der Waals surface area (Å²) in [6.07, 6.45) is 6.04. The Morgan fingerprint density at radius 3 is 2.65 bits per heavy atom. The van der Waals surface area contributed by atoms with Gasteiger partial charge in [-0.15, -0.1) is 0 Å². The van der Waals surface area contributed by atoms with Crippen molar-refractivity contribution in [3.05, 3.63) is 45.0 Å². The normalized spacial score (nSPS) is 14.5. The van der Waals surface area contributed by atoms with E-state index in [-0.39, 0.29) is 18.6 Å². The van der Waals surface area contributed by atoms with E-state index in [0.717, 1.165) is 53.4 Å². The number of thioether (sulfide) groups is 1. The molecule has 0 saturated carbocycles. The van der Waals surface area contributed by atoms with Crippen LogP contribution in [0, 0.1) is 6.92 Å². The van der Waals surface area contributed by atoms with Gasteiger partial charge in [0.2, 0.25) is 5.91 Å². The lowest BCUT2D eigenvalue weighted by atomic mass is 9.94. The molecule has 1 aliphatic rings. The van der Waals surface area contributed by atoms with Crippen LogP contribution in [0.4, 0.5) is 0 Å². The molecular weight excluding hydrogens is 418 g/mol. The van der Waals surface area contributed by atoms with Crippen LogP contribution in [0.25, 0.3) is 21.9 Å². The molecule has 1 aliphatic carbocycles. The Morgan fingerprint density at radius 2 is 1.90 bits per heavy atom. The lowest BCUT2D eigenvalue weighted by Gasteiger charge is -2.18. The monoisotopic (exact) mass is 442 g/mol. The molecule has 0 radical (unpaired) electrons. The highest BCUT2D eigenvalue weighted by atomic mass is 32.2. The summed E-state index contributed by atoms with van der Waals surface area (Å²) in [5.74, 6) is -0.532. The summed E-state index contributed by atoms with van der Waals surface area (Å²) < 4.78 is 11.5. The fourth-order valence-electron chi connectivity index (χ4n) is 4.27. The summed E-state index contributed by atoms with van der Waals surface area (Å²) in [7, 11) is 0. The van der Waals surface area contributed by atoms with Crippen LogP contribution in [-0.2, 0) is 28.9 Å². The quantitative estimate of drug-likeness (QED) is 0.559. The van der Waals surface area contributed by atoms with Gasteiger partial charge in [-0.05, 0) is 50.5 Å². The number of carboxylic acid groups (broad SMARTS) is 1. The molecule has 1 N–H and O–H groups in total. The predicted octanol–water partition coefficient (Wildman–Crippen LogP) is 2.26. The molecule has 2 aromatic heterocycles. The molecular formula is C23H24NO6S-. The topological polar surface area (TPSA) is 113 Å². The molecule has 0 bridgehead atoms. The minimum Gasteiger partial charge on any atom is -0.548 e. The van der Waals surface area contributed by atoms with E-state index in [9.17, 15) is 19.5 Å². The van der Waals surface area contributed by atoms with Crippen LogP contribution < -0.4 is 16.0 Å². The lowest BCUT2D eigenvalue weighted by Crippen LogP contribution is -2.49. The summed E-state index contributed by atoms with van der Waals surface area (Å²) in [6.45, 7) is 1.85. The number of aliphatic carboxylic acids is 1. The maximum absolute atomic E-state index is 12.6. The van der Waals surface area contributed by atoms with Crippen LogP contribution >= 0.6 is 11.8 Å². The molecule has 0 saturated heterocycles. The molecule has 0 unspecified atom stereocenters. The molecule has 0 aliphatic heterocycles. The Balaban J connectivity index is 1.62. The SMILES string of the molecule is CSC[C@H](NC(=O)CCc1c(C)c2cc3c4c(oc3cc2oc1=O)CCCC4)C(=O)[O-]. The van der Waals surface area contributed by atoms with Crippen molar-refractivity contribution in [3.63, 3.8) is 0 Å². The first kappa shape index (κ1) is 21.5. The number of carbonyl (C=O) groups is 2. The number of hydrogen-bond donors (Lipinski definition) is 1.